The Morgan fingerprint density at radius 1 is 0.917 bits per heavy atom. The number of nitrogens with one attached hydrogen (secondary N) is 3. The van der Waals surface area contributed by atoms with Gasteiger partial charge < -0.3 is 19.5 Å². The zero-order valence-electron chi connectivity index (χ0n) is 19.4. The second kappa shape index (κ2) is 8.62. The van der Waals surface area contributed by atoms with Crippen LogP contribution in [0.25, 0.3) is 56.0 Å². The molecule has 1 aliphatic heterocycles. The predicted octanol–water partition coefficient (Wildman–Crippen LogP) is 4.95. The molecule has 9 nitrogen and oxygen atoms in total. The molecule has 9 heteroatoms. The van der Waals surface area contributed by atoms with Crippen LogP contribution in [0.3, 0.4) is 0 Å². The summed E-state index contributed by atoms with van der Waals surface area (Å²) in [6.07, 6.45) is 9.15. The van der Waals surface area contributed by atoms with Crippen molar-refractivity contribution in [2.75, 3.05) is 13.1 Å². The highest BCUT2D eigenvalue weighted by molar-refractivity contribution is 5.96. The summed E-state index contributed by atoms with van der Waals surface area (Å²) in [4.78, 5) is 17.6. The van der Waals surface area contributed by atoms with E-state index in [1.165, 1.54) is 0 Å². The average Bonchev–Trinajstić information content (AvgIpc) is 3.68. The first kappa shape index (κ1) is 20.8. The monoisotopic (exact) mass is 477 g/mol. The van der Waals surface area contributed by atoms with E-state index in [1.807, 2.05) is 48.7 Å². The second-order valence-electron chi connectivity index (χ2n) is 8.94. The smallest absolute Gasteiger partial charge is 0.161 e. The number of aromatic amines is 2. The van der Waals surface area contributed by atoms with Crippen molar-refractivity contribution < 1.29 is 9.15 Å². The van der Waals surface area contributed by atoms with Crippen LogP contribution < -0.4 is 10.1 Å². The first-order valence-electron chi connectivity index (χ1n) is 12.0. The Kier molecular flexibility index (Phi) is 4.99. The number of piperidine rings is 1. The van der Waals surface area contributed by atoms with Gasteiger partial charge in [-0.15, -0.1) is 0 Å². The van der Waals surface area contributed by atoms with Crippen LogP contribution in [0.2, 0.25) is 0 Å². The third-order valence-corrected chi connectivity index (χ3v) is 6.57. The molecule has 3 N–H and O–H groups in total. The number of ether oxygens (including phenoxy) is 1. The summed E-state index contributed by atoms with van der Waals surface area (Å²) in [7, 11) is 0. The number of benzene rings is 1. The molecule has 6 heterocycles. The van der Waals surface area contributed by atoms with Crippen molar-refractivity contribution in [3.8, 4) is 39.7 Å². The van der Waals surface area contributed by atoms with E-state index >= 15 is 0 Å². The summed E-state index contributed by atoms with van der Waals surface area (Å²) < 4.78 is 11.5. The van der Waals surface area contributed by atoms with Gasteiger partial charge in [-0.2, -0.15) is 5.10 Å². The summed E-state index contributed by atoms with van der Waals surface area (Å²) >= 11 is 0. The SMILES string of the molecule is c1cc(-c2ccoc2)c2nc(-c3n[nH]c4ccc(-c5cncc(OC6CCNCC6)c5)nc34)[nH]c2c1. The standard InChI is InChI=1S/C27H23N7O2/c1-2-20(16-8-11-35-15-16)24-22(3-1)31-27(32-24)26-25-23(33-34-26)5-4-21(30-25)17-12-19(14-29-13-17)36-18-6-9-28-10-7-18/h1-5,8,11-15,18,28H,6-7,9-10H2,(H,31,32)(H,33,34). The maximum absolute atomic E-state index is 6.19. The normalized spacial score (nSPS) is 14.6. The number of imidazole rings is 1. The number of nitrogens with zero attached hydrogens (tertiary/aromatic N) is 4. The molecule has 0 amide bonds. The zero-order valence-corrected chi connectivity index (χ0v) is 19.4. The van der Waals surface area contributed by atoms with Crippen LogP contribution in [0.5, 0.6) is 5.75 Å². The molecular weight excluding hydrogens is 454 g/mol. The molecule has 5 aromatic heterocycles. The Bertz CT molecular complexity index is 1660. The first-order chi connectivity index (χ1) is 17.8. The number of para-hydroxylation sites is 1. The fraction of sp³-hybridized carbons (Fsp3) is 0.185. The lowest BCUT2D eigenvalue weighted by atomic mass is 10.1. The largest absolute Gasteiger partial charge is 0.489 e. The first-order valence-corrected chi connectivity index (χ1v) is 12.0. The lowest BCUT2D eigenvalue weighted by molar-refractivity contribution is 0.162. The Balaban J connectivity index is 1.26. The van der Waals surface area contributed by atoms with Gasteiger partial charge in [0.05, 0.1) is 41.0 Å². The van der Waals surface area contributed by atoms with Crippen LogP contribution in [0.4, 0.5) is 0 Å². The number of pyridine rings is 2. The van der Waals surface area contributed by atoms with Crippen molar-refractivity contribution in [2.45, 2.75) is 18.9 Å². The number of rotatable bonds is 5. The van der Waals surface area contributed by atoms with E-state index in [1.54, 1.807) is 18.7 Å². The quantitative estimate of drug-likeness (QED) is 0.321. The number of fused-ring (bicyclic) bond motifs is 2. The molecule has 0 aliphatic carbocycles. The molecule has 1 fully saturated rings. The maximum atomic E-state index is 6.19. The van der Waals surface area contributed by atoms with Crippen molar-refractivity contribution >= 4 is 22.1 Å². The number of hydrogen-bond acceptors (Lipinski definition) is 7. The number of hydrogen-bond donors (Lipinski definition) is 3. The van der Waals surface area contributed by atoms with Crippen LogP contribution in [0.15, 0.2) is 71.8 Å². The van der Waals surface area contributed by atoms with Crippen LogP contribution in [0.1, 0.15) is 12.8 Å². The van der Waals surface area contributed by atoms with E-state index in [2.05, 4.69) is 25.5 Å². The van der Waals surface area contributed by atoms with Crippen LogP contribution in [0, 0.1) is 0 Å². The fourth-order valence-corrected chi connectivity index (χ4v) is 4.75. The minimum atomic E-state index is 0.208. The highest BCUT2D eigenvalue weighted by atomic mass is 16.5. The molecule has 1 aliphatic rings. The molecule has 0 bridgehead atoms. The van der Waals surface area contributed by atoms with Gasteiger partial charge >= 0.3 is 0 Å². The summed E-state index contributed by atoms with van der Waals surface area (Å²) in [6.45, 7) is 1.95. The van der Waals surface area contributed by atoms with Crippen molar-refractivity contribution in [1.82, 2.24) is 35.5 Å². The number of H-pyrrole nitrogens is 2. The topological polar surface area (TPSA) is 118 Å². The minimum absolute atomic E-state index is 0.208. The minimum Gasteiger partial charge on any atom is -0.489 e. The molecule has 7 rings (SSSR count). The summed E-state index contributed by atoms with van der Waals surface area (Å²) in [5.41, 5.74) is 7.66. The van der Waals surface area contributed by atoms with Gasteiger partial charge in [-0.1, -0.05) is 12.1 Å². The number of furan rings is 1. The molecule has 178 valence electrons. The van der Waals surface area contributed by atoms with E-state index in [4.69, 9.17) is 19.1 Å². The summed E-state index contributed by atoms with van der Waals surface area (Å²) in [5.74, 6) is 1.41. The van der Waals surface area contributed by atoms with Crippen molar-refractivity contribution in [2.24, 2.45) is 0 Å². The highest BCUT2D eigenvalue weighted by Crippen LogP contribution is 2.32. The van der Waals surface area contributed by atoms with Crippen LogP contribution >= 0.6 is 0 Å². The Morgan fingerprint density at radius 3 is 2.75 bits per heavy atom. The van der Waals surface area contributed by atoms with Gasteiger partial charge in [-0.05, 0) is 56.3 Å². The molecule has 1 saturated heterocycles. The fourth-order valence-electron chi connectivity index (χ4n) is 4.75. The van der Waals surface area contributed by atoms with Crippen molar-refractivity contribution in [3.63, 3.8) is 0 Å². The van der Waals surface area contributed by atoms with E-state index in [9.17, 15) is 0 Å². The Labute approximate surface area is 206 Å². The van der Waals surface area contributed by atoms with Gasteiger partial charge in [0, 0.05) is 22.9 Å². The van der Waals surface area contributed by atoms with Crippen LogP contribution in [-0.4, -0.2) is 49.3 Å². The van der Waals surface area contributed by atoms with Crippen LogP contribution in [-0.2, 0) is 0 Å². The molecule has 6 aromatic rings. The van der Waals surface area contributed by atoms with Gasteiger partial charge in [-0.3, -0.25) is 10.1 Å². The molecule has 0 unspecified atom stereocenters. The van der Waals surface area contributed by atoms with E-state index in [0.29, 0.717) is 11.5 Å². The second-order valence-corrected chi connectivity index (χ2v) is 8.94. The van der Waals surface area contributed by atoms with E-state index in [-0.39, 0.29) is 6.10 Å². The molecule has 0 atom stereocenters. The maximum Gasteiger partial charge on any atom is 0.161 e. The van der Waals surface area contributed by atoms with Gasteiger partial charge in [0.1, 0.15) is 17.4 Å². The van der Waals surface area contributed by atoms with Crippen molar-refractivity contribution in [3.05, 3.63) is 67.4 Å². The highest BCUT2D eigenvalue weighted by Gasteiger charge is 2.18. The average molecular weight is 478 g/mol. The third-order valence-electron chi connectivity index (χ3n) is 6.57. The lowest BCUT2D eigenvalue weighted by Gasteiger charge is -2.23. The third kappa shape index (κ3) is 3.70. The van der Waals surface area contributed by atoms with Crippen molar-refractivity contribution in [1.29, 1.82) is 0 Å². The summed E-state index contributed by atoms with van der Waals surface area (Å²) in [6, 6.07) is 13.9. The molecule has 0 radical (unpaired) electrons. The van der Waals surface area contributed by atoms with E-state index in [0.717, 1.165) is 76.1 Å². The zero-order chi connectivity index (χ0) is 23.9. The predicted molar refractivity (Wildman–Crippen MR) is 136 cm³/mol. The lowest BCUT2D eigenvalue weighted by Crippen LogP contribution is -2.34. The molecule has 36 heavy (non-hydrogen) atoms. The number of aromatic nitrogens is 6. The molecule has 0 saturated carbocycles. The molecule has 0 spiro atoms. The van der Waals surface area contributed by atoms with Gasteiger partial charge in [0.25, 0.3) is 0 Å². The van der Waals surface area contributed by atoms with Gasteiger partial charge in [0.15, 0.2) is 11.5 Å². The summed E-state index contributed by atoms with van der Waals surface area (Å²) in [5, 5.41) is 11.0. The van der Waals surface area contributed by atoms with Gasteiger partial charge in [-0.25, -0.2) is 9.97 Å². The van der Waals surface area contributed by atoms with E-state index < -0.39 is 0 Å². The van der Waals surface area contributed by atoms with Gasteiger partial charge in [0.2, 0.25) is 0 Å². The molecule has 1 aromatic carbocycles. The molecular formula is C27H23N7O2. The Hall–Kier alpha value is -4.50. The Morgan fingerprint density at radius 2 is 1.86 bits per heavy atom.